The van der Waals surface area contributed by atoms with Crippen LogP contribution in [0.25, 0.3) is 0 Å². The van der Waals surface area contributed by atoms with Crippen LogP contribution in [0.15, 0.2) is 29.2 Å². The molecule has 0 bridgehead atoms. The molecule has 0 heterocycles. The Bertz CT molecular complexity index is 492. The van der Waals surface area contributed by atoms with Crippen molar-refractivity contribution in [1.29, 1.82) is 0 Å². The van der Waals surface area contributed by atoms with Gasteiger partial charge in [-0.15, -0.1) is 0 Å². The molecule has 1 aromatic carbocycles. The molecule has 1 aromatic rings. The van der Waals surface area contributed by atoms with E-state index in [2.05, 4.69) is 0 Å². The van der Waals surface area contributed by atoms with Gasteiger partial charge in [-0.25, -0.2) is 8.42 Å². The fourth-order valence-corrected chi connectivity index (χ4v) is 3.68. The number of rotatable bonds is 6. The summed E-state index contributed by atoms with van der Waals surface area (Å²) >= 11 is 0. The molecule has 0 atom stereocenters. The highest BCUT2D eigenvalue weighted by molar-refractivity contribution is 7.89. The zero-order valence-corrected chi connectivity index (χ0v) is 11.5. The third-order valence-electron chi connectivity index (χ3n) is 3.16. The van der Waals surface area contributed by atoms with E-state index in [4.69, 9.17) is 5.73 Å². The lowest BCUT2D eigenvalue weighted by Gasteiger charge is -2.21. The molecule has 2 N–H and O–H groups in total. The van der Waals surface area contributed by atoms with Crippen molar-refractivity contribution in [2.75, 3.05) is 13.1 Å². The van der Waals surface area contributed by atoms with Crippen LogP contribution in [0.4, 0.5) is 0 Å². The van der Waals surface area contributed by atoms with Gasteiger partial charge in [0.1, 0.15) is 0 Å². The van der Waals surface area contributed by atoms with Crippen LogP contribution in [-0.2, 0) is 10.0 Å². The van der Waals surface area contributed by atoms with Crippen molar-refractivity contribution in [3.8, 4) is 0 Å². The van der Waals surface area contributed by atoms with Gasteiger partial charge in [0.05, 0.1) is 4.90 Å². The summed E-state index contributed by atoms with van der Waals surface area (Å²) < 4.78 is 26.6. The number of sulfonamides is 1. The Morgan fingerprint density at radius 2 is 1.89 bits per heavy atom. The highest BCUT2D eigenvalue weighted by atomic mass is 32.2. The molecule has 0 radical (unpaired) electrons. The summed E-state index contributed by atoms with van der Waals surface area (Å²) in [6, 6.07) is 7.22. The second-order valence-corrected chi connectivity index (χ2v) is 6.69. The third kappa shape index (κ3) is 2.91. The molecule has 1 aliphatic rings. The molecular weight excluding hydrogens is 248 g/mol. The lowest BCUT2D eigenvalue weighted by atomic mass is 10.2. The predicted molar refractivity (Wildman–Crippen MR) is 71.8 cm³/mol. The van der Waals surface area contributed by atoms with Crippen LogP contribution >= 0.6 is 0 Å². The fraction of sp³-hybridized carbons (Fsp3) is 0.538. The summed E-state index contributed by atoms with van der Waals surface area (Å²) in [5, 5.41) is 0. The standard InChI is InChI=1S/C13H20N2O2S/c1-11-3-7-13(8-4-11)18(16,17)15(10-2-9-14)12-5-6-12/h3-4,7-8,12H,2,5-6,9-10,14H2,1H3. The molecule has 5 heteroatoms. The highest BCUT2D eigenvalue weighted by Crippen LogP contribution is 2.32. The zero-order valence-electron chi connectivity index (χ0n) is 10.7. The maximum Gasteiger partial charge on any atom is 0.243 e. The van der Waals surface area contributed by atoms with Crippen LogP contribution in [0, 0.1) is 6.92 Å². The van der Waals surface area contributed by atoms with E-state index in [0.29, 0.717) is 24.4 Å². The summed E-state index contributed by atoms with van der Waals surface area (Å²) in [4.78, 5) is 0.386. The largest absolute Gasteiger partial charge is 0.330 e. The smallest absolute Gasteiger partial charge is 0.243 e. The van der Waals surface area contributed by atoms with Gasteiger partial charge < -0.3 is 5.73 Å². The second kappa shape index (κ2) is 5.38. The van der Waals surface area contributed by atoms with Gasteiger partial charge in [0.15, 0.2) is 0 Å². The molecule has 0 amide bonds. The maximum absolute atomic E-state index is 12.5. The monoisotopic (exact) mass is 268 g/mol. The number of benzene rings is 1. The lowest BCUT2D eigenvalue weighted by molar-refractivity contribution is 0.399. The van der Waals surface area contributed by atoms with Gasteiger partial charge in [-0.05, 0) is 44.9 Å². The predicted octanol–water partition coefficient (Wildman–Crippen LogP) is 1.50. The Morgan fingerprint density at radius 1 is 1.28 bits per heavy atom. The molecule has 1 aliphatic carbocycles. The Kier molecular flexibility index (Phi) is 4.04. The first-order chi connectivity index (χ1) is 8.55. The molecule has 0 aliphatic heterocycles. The maximum atomic E-state index is 12.5. The topological polar surface area (TPSA) is 63.4 Å². The summed E-state index contributed by atoms with van der Waals surface area (Å²) in [6.45, 7) is 2.99. The van der Waals surface area contributed by atoms with Gasteiger partial charge in [0.25, 0.3) is 0 Å². The Morgan fingerprint density at radius 3 is 2.39 bits per heavy atom. The first-order valence-electron chi connectivity index (χ1n) is 6.34. The Labute approximate surface area is 109 Å². The van der Waals surface area contributed by atoms with Crippen LogP contribution in [0.3, 0.4) is 0 Å². The number of nitrogens with two attached hydrogens (primary N) is 1. The van der Waals surface area contributed by atoms with Gasteiger partial charge in [-0.3, -0.25) is 0 Å². The van der Waals surface area contributed by atoms with Crippen LogP contribution in [0.1, 0.15) is 24.8 Å². The van der Waals surface area contributed by atoms with Crippen molar-refractivity contribution < 1.29 is 8.42 Å². The minimum atomic E-state index is -3.35. The molecular formula is C13H20N2O2S. The Balaban J connectivity index is 2.24. The van der Waals surface area contributed by atoms with E-state index in [-0.39, 0.29) is 6.04 Å². The molecule has 1 saturated carbocycles. The van der Waals surface area contributed by atoms with Crippen molar-refractivity contribution in [1.82, 2.24) is 4.31 Å². The summed E-state index contributed by atoms with van der Waals surface area (Å²) in [7, 11) is -3.35. The van der Waals surface area contributed by atoms with Gasteiger partial charge in [-0.2, -0.15) is 4.31 Å². The first-order valence-corrected chi connectivity index (χ1v) is 7.78. The summed E-state index contributed by atoms with van der Waals surface area (Å²) in [5.74, 6) is 0. The molecule has 1 fully saturated rings. The minimum absolute atomic E-state index is 0.183. The van der Waals surface area contributed by atoms with Gasteiger partial charge in [-0.1, -0.05) is 17.7 Å². The molecule has 0 spiro atoms. The minimum Gasteiger partial charge on any atom is -0.330 e. The average Bonchev–Trinajstić information content (AvgIpc) is 3.14. The quantitative estimate of drug-likeness (QED) is 0.850. The van der Waals surface area contributed by atoms with Gasteiger partial charge >= 0.3 is 0 Å². The molecule has 0 saturated heterocycles. The number of aryl methyl sites for hydroxylation is 1. The van der Waals surface area contributed by atoms with Gasteiger partial charge in [0, 0.05) is 12.6 Å². The molecule has 0 aromatic heterocycles. The highest BCUT2D eigenvalue weighted by Gasteiger charge is 2.37. The van der Waals surface area contributed by atoms with E-state index in [1.54, 1.807) is 16.4 Å². The van der Waals surface area contributed by atoms with Crippen LogP contribution < -0.4 is 5.73 Å². The van der Waals surface area contributed by atoms with E-state index in [0.717, 1.165) is 18.4 Å². The van der Waals surface area contributed by atoms with Crippen LogP contribution in [-0.4, -0.2) is 31.9 Å². The van der Waals surface area contributed by atoms with Crippen LogP contribution in [0.5, 0.6) is 0 Å². The molecule has 100 valence electrons. The molecule has 4 nitrogen and oxygen atoms in total. The lowest BCUT2D eigenvalue weighted by Crippen LogP contribution is -2.34. The Hall–Kier alpha value is -0.910. The number of hydrogen-bond acceptors (Lipinski definition) is 3. The average molecular weight is 268 g/mol. The summed E-state index contributed by atoms with van der Waals surface area (Å²) in [6.07, 6.45) is 2.65. The first kappa shape index (κ1) is 13.5. The van der Waals surface area contributed by atoms with E-state index in [1.165, 1.54) is 0 Å². The number of hydrogen-bond donors (Lipinski definition) is 1. The molecule has 18 heavy (non-hydrogen) atoms. The normalized spacial score (nSPS) is 16.2. The van der Waals surface area contributed by atoms with Crippen molar-refractivity contribution in [2.24, 2.45) is 5.73 Å². The van der Waals surface area contributed by atoms with Crippen molar-refractivity contribution in [3.63, 3.8) is 0 Å². The zero-order chi connectivity index (χ0) is 13.2. The van der Waals surface area contributed by atoms with E-state index in [1.807, 2.05) is 19.1 Å². The fourth-order valence-electron chi connectivity index (χ4n) is 1.95. The van der Waals surface area contributed by atoms with E-state index < -0.39 is 10.0 Å². The van der Waals surface area contributed by atoms with Gasteiger partial charge in [0.2, 0.25) is 10.0 Å². The van der Waals surface area contributed by atoms with Crippen molar-refractivity contribution in [3.05, 3.63) is 29.8 Å². The number of nitrogens with zero attached hydrogens (tertiary/aromatic N) is 1. The SMILES string of the molecule is Cc1ccc(S(=O)(=O)N(CCCN)C2CC2)cc1. The van der Waals surface area contributed by atoms with Crippen molar-refractivity contribution in [2.45, 2.75) is 37.1 Å². The summed E-state index contributed by atoms with van der Waals surface area (Å²) in [5.41, 5.74) is 6.54. The second-order valence-electron chi connectivity index (χ2n) is 4.80. The third-order valence-corrected chi connectivity index (χ3v) is 5.13. The van der Waals surface area contributed by atoms with E-state index >= 15 is 0 Å². The molecule has 0 unspecified atom stereocenters. The van der Waals surface area contributed by atoms with E-state index in [9.17, 15) is 8.42 Å². The molecule has 2 rings (SSSR count). The van der Waals surface area contributed by atoms with Crippen molar-refractivity contribution >= 4 is 10.0 Å². The van der Waals surface area contributed by atoms with Crippen LogP contribution in [0.2, 0.25) is 0 Å².